The molecule has 0 atom stereocenters. The Kier molecular flexibility index (Phi) is 8.20. The molecular formula is C34H38F3N5O3. The molecule has 1 amide bonds. The third-order valence-electron chi connectivity index (χ3n) is 7.89. The average Bonchev–Trinajstić information content (AvgIpc) is 3.49. The predicted molar refractivity (Wildman–Crippen MR) is 169 cm³/mol. The average molecular weight is 622 g/mol. The van der Waals surface area contributed by atoms with Crippen LogP contribution in [-0.4, -0.2) is 37.4 Å². The first-order chi connectivity index (χ1) is 20.9. The van der Waals surface area contributed by atoms with Gasteiger partial charge in [-0.15, -0.1) is 0 Å². The number of aryl methyl sites for hydroxylation is 3. The van der Waals surface area contributed by atoms with Crippen molar-refractivity contribution in [2.24, 2.45) is 0 Å². The maximum atomic E-state index is 13.1. The fourth-order valence-electron chi connectivity index (χ4n) is 5.74. The zero-order valence-corrected chi connectivity index (χ0v) is 26.5. The van der Waals surface area contributed by atoms with Gasteiger partial charge in [-0.3, -0.25) is 9.48 Å². The van der Waals surface area contributed by atoms with E-state index in [1.165, 1.54) is 22.6 Å². The lowest BCUT2D eigenvalue weighted by molar-refractivity contribution is -0.141. The van der Waals surface area contributed by atoms with Crippen LogP contribution < -0.4 is 10.1 Å². The number of nitrogens with zero attached hydrogens (tertiary/aromatic N) is 3. The SMILES string of the molecule is Cc1c(C(C)(C)C)ccc2[nH]c(OCCCn3cc4cc(NC(=O)c5cccc(C(F)(F)F)n5)c(C(C)(C)O)cc4n3)c(C)c12. The van der Waals surface area contributed by atoms with Crippen LogP contribution >= 0.6 is 0 Å². The van der Waals surface area contributed by atoms with Crippen molar-refractivity contribution in [2.45, 2.75) is 78.6 Å². The smallest absolute Gasteiger partial charge is 0.433 e. The molecule has 0 saturated heterocycles. The highest BCUT2D eigenvalue weighted by atomic mass is 19.4. The number of hydrogen-bond donors (Lipinski definition) is 3. The summed E-state index contributed by atoms with van der Waals surface area (Å²) in [7, 11) is 0. The molecule has 5 aromatic rings. The summed E-state index contributed by atoms with van der Waals surface area (Å²) in [6, 6.07) is 10.7. The number of carbonyl (C=O) groups is 1. The number of benzene rings is 2. The summed E-state index contributed by atoms with van der Waals surface area (Å²) in [5.41, 5.74) is 2.99. The maximum absolute atomic E-state index is 13.1. The fourth-order valence-corrected chi connectivity index (χ4v) is 5.74. The van der Waals surface area contributed by atoms with Crippen molar-refractivity contribution in [3.05, 3.63) is 82.3 Å². The molecule has 0 aliphatic heterocycles. The van der Waals surface area contributed by atoms with Crippen molar-refractivity contribution in [3.8, 4) is 5.88 Å². The number of pyridine rings is 1. The number of carbonyl (C=O) groups excluding carboxylic acids is 1. The van der Waals surface area contributed by atoms with Crippen LogP contribution in [0.25, 0.3) is 21.8 Å². The summed E-state index contributed by atoms with van der Waals surface area (Å²) in [5, 5.41) is 20.0. The van der Waals surface area contributed by atoms with Gasteiger partial charge in [-0.05, 0) is 74.6 Å². The van der Waals surface area contributed by atoms with Crippen LogP contribution in [0, 0.1) is 13.8 Å². The van der Waals surface area contributed by atoms with Gasteiger partial charge in [0.25, 0.3) is 5.91 Å². The second kappa shape index (κ2) is 11.5. The Morgan fingerprint density at radius 1 is 1.02 bits per heavy atom. The number of alkyl halides is 3. The van der Waals surface area contributed by atoms with Crippen LogP contribution in [0.4, 0.5) is 18.9 Å². The van der Waals surface area contributed by atoms with Gasteiger partial charge in [0.1, 0.15) is 11.4 Å². The largest absolute Gasteiger partial charge is 0.479 e. The van der Waals surface area contributed by atoms with Gasteiger partial charge in [-0.25, -0.2) is 4.98 Å². The molecule has 0 saturated carbocycles. The lowest BCUT2D eigenvalue weighted by Crippen LogP contribution is -2.22. The second-order valence-corrected chi connectivity index (χ2v) is 13.0. The lowest BCUT2D eigenvalue weighted by atomic mass is 9.83. The van der Waals surface area contributed by atoms with Crippen LogP contribution in [-0.2, 0) is 23.7 Å². The summed E-state index contributed by atoms with van der Waals surface area (Å²) >= 11 is 0. The maximum Gasteiger partial charge on any atom is 0.433 e. The van der Waals surface area contributed by atoms with Crippen molar-refractivity contribution >= 4 is 33.4 Å². The Balaban J connectivity index is 1.31. The number of H-pyrrole nitrogens is 1. The van der Waals surface area contributed by atoms with Crippen LogP contribution in [0.5, 0.6) is 5.88 Å². The molecule has 5 rings (SSSR count). The van der Waals surface area contributed by atoms with E-state index in [1.807, 2.05) is 6.20 Å². The highest BCUT2D eigenvalue weighted by Gasteiger charge is 2.33. The van der Waals surface area contributed by atoms with Gasteiger partial charge in [0, 0.05) is 52.3 Å². The molecule has 0 spiro atoms. The van der Waals surface area contributed by atoms with Gasteiger partial charge in [-0.2, -0.15) is 18.3 Å². The number of aliphatic hydroxyl groups is 1. The number of anilines is 1. The molecule has 3 N–H and O–H groups in total. The summed E-state index contributed by atoms with van der Waals surface area (Å²) in [4.78, 5) is 19.8. The summed E-state index contributed by atoms with van der Waals surface area (Å²) < 4.78 is 47.3. The molecule has 8 nitrogen and oxygen atoms in total. The first-order valence-electron chi connectivity index (χ1n) is 14.8. The molecule has 238 valence electrons. The van der Waals surface area contributed by atoms with E-state index in [9.17, 15) is 23.1 Å². The highest BCUT2D eigenvalue weighted by Crippen LogP contribution is 2.36. The van der Waals surface area contributed by atoms with Gasteiger partial charge in [0.2, 0.25) is 0 Å². The minimum Gasteiger partial charge on any atom is -0.479 e. The van der Waals surface area contributed by atoms with Crippen molar-refractivity contribution in [1.82, 2.24) is 19.7 Å². The Labute approximate surface area is 259 Å². The Hall–Kier alpha value is -4.38. The first-order valence-corrected chi connectivity index (χ1v) is 14.8. The molecule has 0 fully saturated rings. The van der Waals surface area contributed by atoms with Crippen LogP contribution in [0.3, 0.4) is 0 Å². The minimum atomic E-state index is -4.68. The molecule has 3 heterocycles. The monoisotopic (exact) mass is 621 g/mol. The van der Waals surface area contributed by atoms with Gasteiger partial charge in [-0.1, -0.05) is 32.9 Å². The van der Waals surface area contributed by atoms with E-state index in [0.29, 0.717) is 36.0 Å². The van der Waals surface area contributed by atoms with Gasteiger partial charge in [0.05, 0.1) is 17.7 Å². The molecule has 0 aliphatic carbocycles. The lowest BCUT2D eigenvalue weighted by Gasteiger charge is -2.22. The Morgan fingerprint density at radius 3 is 2.42 bits per heavy atom. The molecule has 11 heteroatoms. The number of rotatable bonds is 8. The third kappa shape index (κ3) is 6.68. The van der Waals surface area contributed by atoms with E-state index in [2.05, 4.69) is 67.1 Å². The van der Waals surface area contributed by atoms with Crippen LogP contribution in [0.15, 0.2) is 48.7 Å². The van der Waals surface area contributed by atoms with E-state index in [-0.39, 0.29) is 11.1 Å². The summed E-state index contributed by atoms with van der Waals surface area (Å²) in [5.74, 6) is -0.0807. The molecule has 0 bridgehead atoms. The van der Waals surface area contributed by atoms with Crippen molar-refractivity contribution < 1.29 is 27.8 Å². The number of aromatic amines is 1. The zero-order chi connectivity index (χ0) is 32.9. The minimum absolute atomic E-state index is 0.0378. The number of halogens is 3. The molecule has 45 heavy (non-hydrogen) atoms. The fraction of sp³-hybridized carbons (Fsp3) is 0.382. The summed E-state index contributed by atoms with van der Waals surface area (Å²) in [6.45, 7) is 15.0. The summed E-state index contributed by atoms with van der Waals surface area (Å²) in [6.07, 6.45) is -2.21. The molecular weight excluding hydrogens is 583 g/mol. The van der Waals surface area contributed by atoms with Crippen molar-refractivity contribution in [3.63, 3.8) is 0 Å². The second-order valence-electron chi connectivity index (χ2n) is 13.0. The molecule has 0 radical (unpaired) electrons. The number of fused-ring (bicyclic) bond motifs is 2. The predicted octanol–water partition coefficient (Wildman–Crippen LogP) is 7.79. The molecule has 3 aromatic heterocycles. The van der Waals surface area contributed by atoms with E-state index >= 15 is 0 Å². The normalized spacial score (nSPS) is 12.7. The topological polar surface area (TPSA) is 105 Å². The van der Waals surface area contributed by atoms with Gasteiger partial charge < -0.3 is 20.1 Å². The van der Waals surface area contributed by atoms with Crippen molar-refractivity contribution in [2.75, 3.05) is 11.9 Å². The van der Waals surface area contributed by atoms with Crippen LogP contribution in [0.2, 0.25) is 0 Å². The highest BCUT2D eigenvalue weighted by molar-refractivity contribution is 6.04. The third-order valence-corrected chi connectivity index (χ3v) is 7.89. The molecule has 2 aromatic carbocycles. The Bertz CT molecular complexity index is 1890. The van der Waals surface area contributed by atoms with E-state index in [4.69, 9.17) is 4.74 Å². The molecule has 0 unspecified atom stereocenters. The zero-order valence-electron chi connectivity index (χ0n) is 26.5. The standard InChI is InChI=1S/C34H38F3N5O3/c1-19-22(32(3,4)5)12-13-24-29(19)20(2)31(40-24)45-15-9-14-42-18-21-16-27(23(33(6,7)44)17-26(21)41-42)39-30(43)25-10-8-11-28(38-25)34(35,36)37/h8,10-13,16-18,40,44H,9,14-15H2,1-7H3,(H,39,43). The van der Waals surface area contributed by atoms with Gasteiger partial charge >= 0.3 is 6.18 Å². The van der Waals surface area contributed by atoms with E-state index < -0.39 is 29.1 Å². The van der Waals surface area contributed by atoms with Crippen LogP contribution in [0.1, 0.15) is 79.5 Å². The molecule has 0 aliphatic rings. The number of ether oxygens (including phenoxy) is 1. The van der Waals surface area contributed by atoms with Crippen molar-refractivity contribution in [1.29, 1.82) is 0 Å². The van der Waals surface area contributed by atoms with Gasteiger partial charge in [0.15, 0.2) is 5.88 Å². The van der Waals surface area contributed by atoms with E-state index in [0.717, 1.165) is 29.1 Å². The Morgan fingerprint density at radius 2 is 1.76 bits per heavy atom. The van der Waals surface area contributed by atoms with E-state index in [1.54, 1.807) is 30.7 Å². The first kappa shape index (κ1) is 32.0. The number of amides is 1. The number of aromatic nitrogens is 4. The number of nitrogens with one attached hydrogen (secondary N) is 2. The number of hydrogen-bond acceptors (Lipinski definition) is 5. The quantitative estimate of drug-likeness (QED) is 0.153.